The van der Waals surface area contributed by atoms with Gasteiger partial charge >= 0.3 is 0 Å². The zero-order chi connectivity index (χ0) is 21.3. The first-order chi connectivity index (χ1) is 14.5. The van der Waals surface area contributed by atoms with E-state index >= 15 is 0 Å². The molecule has 0 bridgehead atoms. The number of nitrogens with zero attached hydrogens (tertiary/aromatic N) is 3. The Morgan fingerprint density at radius 2 is 2.23 bits per heavy atom. The molecule has 1 saturated carbocycles. The summed E-state index contributed by atoms with van der Waals surface area (Å²) in [6.45, 7) is 4.42. The third-order valence-electron chi connectivity index (χ3n) is 7.68. The van der Waals surface area contributed by atoms with Crippen LogP contribution in [0.5, 0.6) is 0 Å². The highest BCUT2D eigenvalue weighted by atomic mass is 19.1. The lowest BCUT2D eigenvalue weighted by atomic mass is 9.71. The van der Waals surface area contributed by atoms with Crippen molar-refractivity contribution in [3.05, 3.63) is 0 Å². The van der Waals surface area contributed by atoms with E-state index in [1.165, 1.54) is 12.8 Å². The first kappa shape index (κ1) is 21.7. The van der Waals surface area contributed by atoms with Crippen molar-refractivity contribution in [2.45, 2.75) is 82.3 Å². The molecule has 7 unspecified atom stereocenters. The molecule has 0 aromatic carbocycles. The summed E-state index contributed by atoms with van der Waals surface area (Å²) in [5.41, 5.74) is 7.24. The highest BCUT2D eigenvalue weighted by Gasteiger charge is 2.47. The Kier molecular flexibility index (Phi) is 6.71. The Bertz CT molecular complexity index is 708. The van der Waals surface area contributed by atoms with Crippen LogP contribution in [0.4, 0.5) is 4.39 Å². The summed E-state index contributed by atoms with van der Waals surface area (Å²) < 4.78 is 14.8. The van der Waals surface area contributed by atoms with Crippen molar-refractivity contribution in [1.29, 1.82) is 5.26 Å². The summed E-state index contributed by atoms with van der Waals surface area (Å²) in [6.07, 6.45) is 4.82. The highest BCUT2D eigenvalue weighted by Crippen LogP contribution is 2.39. The number of alkyl halides is 1. The highest BCUT2D eigenvalue weighted by molar-refractivity contribution is 6.12. The van der Waals surface area contributed by atoms with Crippen molar-refractivity contribution in [2.24, 2.45) is 28.5 Å². The van der Waals surface area contributed by atoms with E-state index in [-0.39, 0.29) is 41.9 Å². The Morgan fingerprint density at radius 1 is 1.40 bits per heavy atom. The molecule has 7 nitrogen and oxygen atoms in total. The number of halogens is 1. The van der Waals surface area contributed by atoms with E-state index in [0.29, 0.717) is 32.0 Å². The number of aliphatic imine (C=N–C) groups is 1. The molecule has 1 aliphatic carbocycles. The molecule has 1 amide bonds. The zero-order valence-corrected chi connectivity index (χ0v) is 17.9. The van der Waals surface area contributed by atoms with E-state index in [0.717, 1.165) is 31.5 Å². The normalized spacial score (nSPS) is 40.4. The van der Waals surface area contributed by atoms with Crippen LogP contribution in [0.2, 0.25) is 0 Å². The van der Waals surface area contributed by atoms with E-state index in [1.54, 1.807) is 0 Å². The van der Waals surface area contributed by atoms with Gasteiger partial charge in [0.15, 0.2) is 0 Å². The number of likely N-dealkylation sites (tertiary alicyclic amines) is 1. The predicted octanol–water partition coefficient (Wildman–Crippen LogP) is 1.34. The van der Waals surface area contributed by atoms with Crippen LogP contribution in [-0.2, 0) is 4.79 Å². The molecule has 4 aliphatic rings. The average Bonchev–Trinajstić information content (AvgIpc) is 3.33. The van der Waals surface area contributed by atoms with Gasteiger partial charge in [0.1, 0.15) is 6.17 Å². The van der Waals surface area contributed by atoms with Gasteiger partial charge in [-0.25, -0.2) is 4.39 Å². The topological polar surface area (TPSA) is 107 Å². The van der Waals surface area contributed by atoms with Crippen molar-refractivity contribution in [3.8, 4) is 6.07 Å². The SMILES string of the molecule is C[C@H]1CCCN1C(N)CCNC1CC(C2C(F)CCCC2C#N)N=C2CNC(=O)C21. The van der Waals surface area contributed by atoms with Gasteiger partial charge in [0.05, 0.1) is 36.7 Å². The van der Waals surface area contributed by atoms with Crippen molar-refractivity contribution in [1.82, 2.24) is 15.5 Å². The molecular formula is C22H35FN6O. The van der Waals surface area contributed by atoms with E-state index in [1.807, 2.05) is 0 Å². The Balaban J connectivity index is 1.42. The molecule has 8 heteroatoms. The number of rotatable bonds is 6. The molecule has 3 fully saturated rings. The minimum absolute atomic E-state index is 0.000519. The van der Waals surface area contributed by atoms with Crippen LogP contribution >= 0.6 is 0 Å². The Morgan fingerprint density at radius 3 is 2.97 bits per heavy atom. The molecule has 2 saturated heterocycles. The number of fused-ring (bicyclic) bond motifs is 1. The minimum Gasteiger partial charge on any atom is -0.350 e. The van der Waals surface area contributed by atoms with Gasteiger partial charge < -0.3 is 16.4 Å². The summed E-state index contributed by atoms with van der Waals surface area (Å²) >= 11 is 0. The van der Waals surface area contributed by atoms with Crippen molar-refractivity contribution < 1.29 is 9.18 Å². The molecule has 8 atom stereocenters. The van der Waals surface area contributed by atoms with E-state index in [4.69, 9.17) is 10.7 Å². The fraction of sp³-hybridized carbons (Fsp3) is 0.864. The van der Waals surface area contributed by atoms with Gasteiger partial charge in [-0.15, -0.1) is 0 Å². The number of hydrogen-bond donors (Lipinski definition) is 3. The largest absolute Gasteiger partial charge is 0.350 e. The molecule has 3 heterocycles. The van der Waals surface area contributed by atoms with Crippen molar-refractivity contribution in [2.75, 3.05) is 19.6 Å². The maximum absolute atomic E-state index is 14.8. The lowest BCUT2D eigenvalue weighted by Gasteiger charge is -2.40. The first-order valence-corrected chi connectivity index (χ1v) is 11.6. The second-order valence-electron chi connectivity index (χ2n) is 9.52. The van der Waals surface area contributed by atoms with Crippen molar-refractivity contribution in [3.63, 3.8) is 0 Å². The maximum Gasteiger partial charge on any atom is 0.230 e. The quantitative estimate of drug-likeness (QED) is 0.604. The number of nitrogens with two attached hydrogens (primary N) is 1. The second-order valence-corrected chi connectivity index (χ2v) is 9.52. The first-order valence-electron chi connectivity index (χ1n) is 11.6. The smallest absolute Gasteiger partial charge is 0.230 e. The average molecular weight is 419 g/mol. The third-order valence-corrected chi connectivity index (χ3v) is 7.68. The zero-order valence-electron chi connectivity index (χ0n) is 17.9. The fourth-order valence-corrected chi connectivity index (χ4v) is 6.06. The van der Waals surface area contributed by atoms with Crippen LogP contribution in [0.25, 0.3) is 0 Å². The van der Waals surface area contributed by atoms with Crippen LogP contribution < -0.4 is 16.4 Å². The number of hydrogen-bond acceptors (Lipinski definition) is 6. The van der Waals surface area contributed by atoms with Crippen LogP contribution in [0.1, 0.15) is 51.9 Å². The predicted molar refractivity (Wildman–Crippen MR) is 113 cm³/mol. The molecule has 0 aromatic heterocycles. The van der Waals surface area contributed by atoms with Gasteiger partial charge in [-0.1, -0.05) is 0 Å². The number of carbonyl (C=O) groups excluding carboxylic acids is 1. The lowest BCUT2D eigenvalue weighted by Crippen LogP contribution is -2.52. The lowest BCUT2D eigenvalue weighted by molar-refractivity contribution is -0.122. The Labute approximate surface area is 178 Å². The molecular weight excluding hydrogens is 383 g/mol. The minimum atomic E-state index is -0.995. The number of carbonyl (C=O) groups is 1. The maximum atomic E-state index is 14.8. The van der Waals surface area contributed by atoms with Crippen LogP contribution in [-0.4, -0.2) is 66.6 Å². The number of nitrogens with one attached hydrogen (secondary N) is 2. The van der Waals surface area contributed by atoms with Crippen LogP contribution in [0.15, 0.2) is 4.99 Å². The summed E-state index contributed by atoms with van der Waals surface area (Å²) in [5, 5.41) is 16.0. The molecule has 166 valence electrons. The third kappa shape index (κ3) is 4.25. The Hall–Kier alpha value is -1.56. The number of nitriles is 1. The second kappa shape index (κ2) is 9.29. The van der Waals surface area contributed by atoms with E-state index in [9.17, 15) is 14.4 Å². The van der Waals surface area contributed by atoms with Crippen LogP contribution in [0, 0.1) is 29.1 Å². The summed E-state index contributed by atoms with van der Waals surface area (Å²) in [7, 11) is 0. The van der Waals surface area contributed by atoms with E-state index < -0.39 is 6.17 Å². The fourth-order valence-electron chi connectivity index (χ4n) is 6.06. The summed E-state index contributed by atoms with van der Waals surface area (Å²) in [5.74, 6) is -0.954. The molecule has 30 heavy (non-hydrogen) atoms. The van der Waals surface area contributed by atoms with Gasteiger partial charge in [0.2, 0.25) is 5.91 Å². The monoisotopic (exact) mass is 418 g/mol. The summed E-state index contributed by atoms with van der Waals surface area (Å²) in [6, 6.07) is 2.52. The van der Waals surface area contributed by atoms with Gasteiger partial charge in [-0.3, -0.25) is 14.7 Å². The van der Waals surface area contributed by atoms with Gasteiger partial charge in [0, 0.05) is 23.7 Å². The van der Waals surface area contributed by atoms with Gasteiger partial charge in [0.25, 0.3) is 0 Å². The van der Waals surface area contributed by atoms with Gasteiger partial charge in [-0.2, -0.15) is 5.26 Å². The van der Waals surface area contributed by atoms with Crippen LogP contribution in [0.3, 0.4) is 0 Å². The molecule has 3 aliphatic heterocycles. The van der Waals surface area contributed by atoms with Crippen molar-refractivity contribution >= 4 is 11.6 Å². The van der Waals surface area contributed by atoms with E-state index in [2.05, 4.69) is 28.5 Å². The number of amides is 1. The molecule has 0 aromatic rings. The molecule has 4 N–H and O–H groups in total. The molecule has 0 spiro atoms. The molecule has 4 rings (SSSR count). The van der Waals surface area contributed by atoms with Gasteiger partial charge in [-0.05, 0) is 65.0 Å². The standard InChI is InChI=1S/C22H35FN6O/c1-13-4-3-9-29(13)19(25)7-8-26-16-10-17(28-18-12-27-22(30)21(16)18)20-14(11-24)5-2-6-15(20)23/h13-17,19-21,26H,2-10,12,25H2,1H3,(H,27,30)/t13-,14?,15?,16?,17?,19?,20?,21?/m0/s1. The molecule has 0 radical (unpaired) electrons. The summed E-state index contributed by atoms with van der Waals surface area (Å²) in [4.78, 5) is 19.6.